The van der Waals surface area contributed by atoms with Gasteiger partial charge in [-0.1, -0.05) is 55.3 Å². The Balaban J connectivity index is 1.43. The van der Waals surface area contributed by atoms with E-state index in [1.165, 1.54) is 73.2 Å². The highest BCUT2D eigenvalue weighted by molar-refractivity contribution is 5.84. The Kier molecular flexibility index (Phi) is 4.86. The first kappa shape index (κ1) is 19.1. The number of hydrogen-bond donors (Lipinski definition) is 0. The fourth-order valence-corrected chi connectivity index (χ4v) is 5.58. The van der Waals surface area contributed by atoms with E-state index < -0.39 is 0 Å². The maximum absolute atomic E-state index is 4.68. The number of hydrogen-bond acceptors (Lipinski definition) is 2. The largest absolute Gasteiger partial charge is 0.298 e. The number of nitrogens with zero attached hydrogens (tertiary/aromatic N) is 2. The molecule has 2 aliphatic heterocycles. The molecule has 2 aromatic carbocycles. The van der Waals surface area contributed by atoms with Crippen LogP contribution < -0.4 is 0 Å². The summed E-state index contributed by atoms with van der Waals surface area (Å²) in [7, 11) is 0. The molecular formula is C27H34N2. The van der Waals surface area contributed by atoms with Gasteiger partial charge in [0.1, 0.15) is 0 Å². The fourth-order valence-electron chi connectivity index (χ4n) is 5.58. The van der Waals surface area contributed by atoms with E-state index in [1.807, 2.05) is 0 Å². The second-order valence-corrected chi connectivity index (χ2v) is 9.98. The average molecular weight is 387 g/mol. The van der Waals surface area contributed by atoms with Gasteiger partial charge in [-0.2, -0.15) is 0 Å². The average Bonchev–Trinajstić information content (AvgIpc) is 3.44. The SMILES string of the molecule is CCCc1cc(CN2CC3(CN=C(C)C3)C2)cc(C2CC2)c1-c1ccc(C)cc1. The summed E-state index contributed by atoms with van der Waals surface area (Å²) in [5.41, 5.74) is 10.8. The molecule has 1 saturated carbocycles. The van der Waals surface area contributed by atoms with E-state index in [2.05, 4.69) is 67.1 Å². The molecule has 3 aliphatic rings. The highest BCUT2D eigenvalue weighted by Crippen LogP contribution is 2.47. The standard InChI is InChI=1S/C27H34N2/c1-4-5-24-12-21(15-29-17-27(18-29)14-20(3)28-16-27)13-25(22-10-11-22)26(24)23-8-6-19(2)7-9-23/h6-9,12-13,22H,4-5,10-11,14-18H2,1-3H3. The third-order valence-corrected chi connectivity index (χ3v) is 7.03. The smallest absolute Gasteiger partial charge is 0.0473 e. The van der Waals surface area contributed by atoms with Crippen molar-refractivity contribution in [3.05, 3.63) is 58.7 Å². The van der Waals surface area contributed by atoms with Crippen LogP contribution in [0.3, 0.4) is 0 Å². The van der Waals surface area contributed by atoms with Gasteiger partial charge in [-0.3, -0.25) is 9.89 Å². The van der Waals surface area contributed by atoms with Crippen LogP contribution in [0.4, 0.5) is 0 Å². The summed E-state index contributed by atoms with van der Waals surface area (Å²) in [6.07, 6.45) is 6.31. The van der Waals surface area contributed by atoms with Crippen LogP contribution in [0.15, 0.2) is 41.4 Å². The van der Waals surface area contributed by atoms with Crippen molar-refractivity contribution in [3.63, 3.8) is 0 Å². The molecule has 2 nitrogen and oxygen atoms in total. The minimum atomic E-state index is 0.470. The number of rotatable bonds is 6. The zero-order chi connectivity index (χ0) is 20.0. The lowest BCUT2D eigenvalue weighted by Crippen LogP contribution is -2.56. The maximum atomic E-state index is 4.68. The third kappa shape index (κ3) is 3.80. The minimum absolute atomic E-state index is 0.470. The predicted molar refractivity (Wildman–Crippen MR) is 123 cm³/mol. The molecule has 29 heavy (non-hydrogen) atoms. The van der Waals surface area contributed by atoms with Crippen LogP contribution in [0.25, 0.3) is 11.1 Å². The van der Waals surface area contributed by atoms with Gasteiger partial charge < -0.3 is 0 Å². The Morgan fingerprint density at radius 2 is 1.83 bits per heavy atom. The second kappa shape index (κ2) is 7.40. The van der Waals surface area contributed by atoms with Crippen LogP contribution in [-0.4, -0.2) is 30.2 Å². The first-order chi connectivity index (χ1) is 14.0. The second-order valence-electron chi connectivity index (χ2n) is 9.98. The zero-order valence-corrected chi connectivity index (χ0v) is 18.3. The van der Waals surface area contributed by atoms with Gasteiger partial charge in [-0.15, -0.1) is 0 Å². The van der Waals surface area contributed by atoms with Gasteiger partial charge >= 0.3 is 0 Å². The Labute approximate surface area is 176 Å². The van der Waals surface area contributed by atoms with E-state index in [0.717, 1.165) is 19.0 Å². The van der Waals surface area contributed by atoms with Crippen molar-refractivity contribution in [1.82, 2.24) is 4.90 Å². The van der Waals surface area contributed by atoms with Gasteiger partial charge in [-0.05, 0) is 73.3 Å². The lowest BCUT2D eigenvalue weighted by molar-refractivity contribution is 0.0131. The van der Waals surface area contributed by atoms with Crippen molar-refractivity contribution in [2.45, 2.75) is 65.3 Å². The molecule has 1 spiro atoms. The quantitative estimate of drug-likeness (QED) is 0.580. The molecule has 0 aromatic heterocycles. The van der Waals surface area contributed by atoms with E-state index in [4.69, 9.17) is 0 Å². The zero-order valence-electron chi connectivity index (χ0n) is 18.3. The highest BCUT2D eigenvalue weighted by Gasteiger charge is 2.45. The molecular weight excluding hydrogens is 352 g/mol. The van der Waals surface area contributed by atoms with Gasteiger partial charge in [0, 0.05) is 37.3 Å². The lowest BCUT2D eigenvalue weighted by Gasteiger charge is -2.48. The summed E-state index contributed by atoms with van der Waals surface area (Å²) >= 11 is 0. The summed E-state index contributed by atoms with van der Waals surface area (Å²) in [5.74, 6) is 0.774. The Hall–Kier alpha value is -1.93. The molecule has 2 aromatic rings. The molecule has 5 rings (SSSR count). The van der Waals surface area contributed by atoms with Gasteiger partial charge in [0.05, 0.1) is 0 Å². The van der Waals surface area contributed by atoms with E-state index in [-0.39, 0.29) is 0 Å². The number of aryl methyl sites for hydroxylation is 2. The van der Waals surface area contributed by atoms with Crippen LogP contribution in [0, 0.1) is 12.3 Å². The molecule has 0 bridgehead atoms. The molecule has 0 unspecified atom stereocenters. The van der Waals surface area contributed by atoms with Gasteiger partial charge in [0.15, 0.2) is 0 Å². The first-order valence-corrected chi connectivity index (χ1v) is 11.5. The number of aliphatic imine (C=N–C) groups is 1. The minimum Gasteiger partial charge on any atom is -0.298 e. The molecule has 2 heteroatoms. The molecule has 0 radical (unpaired) electrons. The van der Waals surface area contributed by atoms with Crippen molar-refractivity contribution < 1.29 is 0 Å². The molecule has 2 heterocycles. The Bertz CT molecular complexity index is 928. The lowest BCUT2D eigenvalue weighted by atomic mass is 9.77. The molecule has 152 valence electrons. The summed E-state index contributed by atoms with van der Waals surface area (Å²) in [6.45, 7) is 11.3. The number of likely N-dealkylation sites (tertiary alicyclic amines) is 1. The normalized spacial score (nSPS) is 20.7. The molecule has 1 aliphatic carbocycles. The van der Waals surface area contributed by atoms with Crippen molar-refractivity contribution in [3.8, 4) is 11.1 Å². The Morgan fingerprint density at radius 1 is 1.07 bits per heavy atom. The van der Waals surface area contributed by atoms with Gasteiger partial charge in [0.2, 0.25) is 0 Å². The van der Waals surface area contributed by atoms with E-state index >= 15 is 0 Å². The predicted octanol–water partition coefficient (Wildman–Crippen LogP) is 6.16. The number of benzene rings is 2. The monoisotopic (exact) mass is 386 g/mol. The summed E-state index contributed by atoms with van der Waals surface area (Å²) in [4.78, 5) is 7.32. The fraction of sp³-hybridized carbons (Fsp3) is 0.519. The van der Waals surface area contributed by atoms with E-state index in [1.54, 1.807) is 11.1 Å². The van der Waals surface area contributed by atoms with Crippen LogP contribution >= 0.6 is 0 Å². The van der Waals surface area contributed by atoms with Crippen LogP contribution in [-0.2, 0) is 13.0 Å². The Morgan fingerprint density at radius 3 is 2.45 bits per heavy atom. The van der Waals surface area contributed by atoms with E-state index in [0.29, 0.717) is 5.41 Å². The van der Waals surface area contributed by atoms with E-state index in [9.17, 15) is 0 Å². The van der Waals surface area contributed by atoms with Crippen LogP contribution in [0.1, 0.15) is 67.7 Å². The molecule has 0 amide bonds. The van der Waals surface area contributed by atoms with Crippen molar-refractivity contribution in [2.75, 3.05) is 19.6 Å². The summed E-state index contributed by atoms with van der Waals surface area (Å²) < 4.78 is 0. The molecule has 2 fully saturated rings. The van der Waals surface area contributed by atoms with Crippen LogP contribution in [0.2, 0.25) is 0 Å². The van der Waals surface area contributed by atoms with Crippen molar-refractivity contribution in [2.24, 2.45) is 10.4 Å². The molecule has 1 saturated heterocycles. The molecule has 0 atom stereocenters. The first-order valence-electron chi connectivity index (χ1n) is 11.5. The molecule has 0 N–H and O–H groups in total. The summed E-state index contributed by atoms with van der Waals surface area (Å²) in [5, 5.41) is 0. The summed E-state index contributed by atoms with van der Waals surface area (Å²) in [6, 6.07) is 14.3. The van der Waals surface area contributed by atoms with Crippen molar-refractivity contribution in [1.29, 1.82) is 0 Å². The topological polar surface area (TPSA) is 15.6 Å². The third-order valence-electron chi connectivity index (χ3n) is 7.03. The maximum Gasteiger partial charge on any atom is 0.0473 e. The van der Waals surface area contributed by atoms with Crippen LogP contribution in [0.5, 0.6) is 0 Å². The van der Waals surface area contributed by atoms with Crippen molar-refractivity contribution >= 4 is 5.71 Å². The highest BCUT2D eigenvalue weighted by atomic mass is 15.2. The van der Waals surface area contributed by atoms with Gasteiger partial charge in [0.25, 0.3) is 0 Å². The van der Waals surface area contributed by atoms with Gasteiger partial charge in [-0.25, -0.2) is 0 Å².